The van der Waals surface area contributed by atoms with Crippen LogP contribution >= 0.6 is 0 Å². The molecule has 4 rings (SSSR count). The van der Waals surface area contributed by atoms with Gasteiger partial charge in [-0.05, 0) is 49.1 Å². The molecule has 0 saturated heterocycles. The van der Waals surface area contributed by atoms with Gasteiger partial charge in [-0.25, -0.2) is 4.98 Å². The highest BCUT2D eigenvalue weighted by Crippen LogP contribution is 2.15. The van der Waals surface area contributed by atoms with Gasteiger partial charge in [0.15, 0.2) is 0 Å². The highest BCUT2D eigenvalue weighted by molar-refractivity contribution is 5.97. The average molecular weight is 412 g/mol. The molecule has 4 aromatic rings. The Morgan fingerprint density at radius 3 is 2.32 bits per heavy atom. The smallest absolute Gasteiger partial charge is 0.272 e. The molecule has 0 atom stereocenters. The lowest BCUT2D eigenvalue weighted by Crippen LogP contribution is -2.26. The largest absolute Gasteiger partial charge is 0.352 e. The van der Waals surface area contributed by atoms with Crippen LogP contribution in [0, 0.1) is 6.92 Å². The van der Waals surface area contributed by atoms with Crippen LogP contribution in [0.1, 0.15) is 33.6 Å². The molecule has 156 valence electrons. The minimum atomic E-state index is -0.129. The van der Waals surface area contributed by atoms with Crippen molar-refractivity contribution >= 4 is 16.9 Å². The van der Waals surface area contributed by atoms with Gasteiger partial charge in [-0.3, -0.25) is 9.59 Å². The van der Waals surface area contributed by atoms with Gasteiger partial charge in [-0.2, -0.15) is 0 Å². The summed E-state index contributed by atoms with van der Waals surface area (Å²) in [5, 5.41) is 2.98. The molecule has 0 fully saturated rings. The van der Waals surface area contributed by atoms with Crippen LogP contribution in [-0.2, 0) is 13.0 Å². The van der Waals surface area contributed by atoms with Crippen molar-refractivity contribution in [3.05, 3.63) is 112 Å². The van der Waals surface area contributed by atoms with E-state index in [-0.39, 0.29) is 11.5 Å². The number of nitrogens with one attached hydrogen (secondary N) is 1. The second-order valence-corrected chi connectivity index (χ2v) is 7.62. The Morgan fingerprint density at radius 2 is 1.61 bits per heavy atom. The molecule has 0 saturated carbocycles. The number of amides is 1. The Kier molecular flexibility index (Phi) is 6.22. The predicted molar refractivity (Wildman–Crippen MR) is 123 cm³/mol. The van der Waals surface area contributed by atoms with Crippen molar-refractivity contribution in [2.45, 2.75) is 26.3 Å². The van der Waals surface area contributed by atoms with Gasteiger partial charge in [0.2, 0.25) is 0 Å². The molecule has 0 aliphatic heterocycles. The third-order valence-corrected chi connectivity index (χ3v) is 5.33. The number of carbonyl (C=O) groups is 1. The molecule has 5 heteroatoms. The molecular formula is C26H25N3O2. The summed E-state index contributed by atoms with van der Waals surface area (Å²) in [5.74, 6) is -0.129. The molecule has 1 N–H and O–H groups in total. The summed E-state index contributed by atoms with van der Waals surface area (Å²) in [6, 6.07) is 25.4. The van der Waals surface area contributed by atoms with Crippen LogP contribution in [-0.4, -0.2) is 22.0 Å². The van der Waals surface area contributed by atoms with Crippen LogP contribution in [0.5, 0.6) is 0 Å². The molecule has 1 heterocycles. The maximum absolute atomic E-state index is 12.7. The molecule has 0 aliphatic rings. The number of hydrogen-bond donors (Lipinski definition) is 1. The predicted octanol–water partition coefficient (Wildman–Crippen LogP) is 4.12. The lowest BCUT2D eigenvalue weighted by atomic mass is 10.1. The fourth-order valence-corrected chi connectivity index (χ4v) is 3.68. The summed E-state index contributed by atoms with van der Waals surface area (Å²) in [5.41, 5.74) is 4.52. The minimum absolute atomic E-state index is 0.116. The Balaban J connectivity index is 1.50. The van der Waals surface area contributed by atoms with Gasteiger partial charge in [0.25, 0.3) is 11.5 Å². The summed E-state index contributed by atoms with van der Waals surface area (Å²) >= 11 is 0. The van der Waals surface area contributed by atoms with Crippen molar-refractivity contribution < 1.29 is 4.79 Å². The van der Waals surface area contributed by atoms with E-state index < -0.39 is 0 Å². The summed E-state index contributed by atoms with van der Waals surface area (Å²) in [7, 11) is 0. The summed E-state index contributed by atoms with van der Waals surface area (Å²) < 4.78 is 1.72. The van der Waals surface area contributed by atoms with E-state index in [1.165, 1.54) is 5.56 Å². The molecule has 31 heavy (non-hydrogen) atoms. The number of nitrogens with zero attached hydrogens (tertiary/aromatic N) is 2. The van der Waals surface area contributed by atoms with Gasteiger partial charge in [-0.1, -0.05) is 60.7 Å². The first-order valence-corrected chi connectivity index (χ1v) is 10.5. The molecular weight excluding hydrogens is 386 g/mol. The topological polar surface area (TPSA) is 64.0 Å². The van der Waals surface area contributed by atoms with Crippen LogP contribution in [0.4, 0.5) is 0 Å². The number of carbonyl (C=O) groups excluding carboxylic acids is 1. The van der Waals surface area contributed by atoms with Crippen LogP contribution in [0.3, 0.4) is 0 Å². The summed E-state index contributed by atoms with van der Waals surface area (Å²) in [6.45, 7) is 2.77. The second kappa shape index (κ2) is 9.39. The van der Waals surface area contributed by atoms with Gasteiger partial charge in [0, 0.05) is 12.1 Å². The zero-order valence-corrected chi connectivity index (χ0v) is 17.5. The first kappa shape index (κ1) is 20.5. The minimum Gasteiger partial charge on any atom is -0.352 e. The van der Waals surface area contributed by atoms with Gasteiger partial charge in [-0.15, -0.1) is 0 Å². The molecule has 5 nitrogen and oxygen atoms in total. The van der Waals surface area contributed by atoms with Crippen molar-refractivity contribution in [3.63, 3.8) is 0 Å². The van der Waals surface area contributed by atoms with E-state index in [0.29, 0.717) is 29.9 Å². The fourth-order valence-electron chi connectivity index (χ4n) is 3.68. The van der Waals surface area contributed by atoms with Crippen LogP contribution in [0.2, 0.25) is 0 Å². The van der Waals surface area contributed by atoms with E-state index in [1.54, 1.807) is 23.6 Å². The molecule has 0 radical (unpaired) electrons. The number of fused-ring (bicyclic) bond motifs is 1. The SMILES string of the molecule is Cc1nc2cc(C(=O)NCCCc3ccccc3)ccc2n(Cc2ccccc2)c1=O. The first-order chi connectivity index (χ1) is 15.1. The van der Waals surface area contributed by atoms with E-state index in [4.69, 9.17) is 0 Å². The molecule has 3 aromatic carbocycles. The molecule has 1 amide bonds. The molecule has 1 aromatic heterocycles. The fraction of sp³-hybridized carbons (Fsp3) is 0.192. The number of rotatable bonds is 7. The Labute approximate surface area is 181 Å². The zero-order valence-electron chi connectivity index (χ0n) is 17.5. The van der Waals surface area contributed by atoms with E-state index in [9.17, 15) is 9.59 Å². The highest BCUT2D eigenvalue weighted by Gasteiger charge is 2.12. The van der Waals surface area contributed by atoms with Crippen molar-refractivity contribution in [1.82, 2.24) is 14.9 Å². The van der Waals surface area contributed by atoms with Gasteiger partial charge >= 0.3 is 0 Å². The van der Waals surface area contributed by atoms with Crippen LogP contribution < -0.4 is 10.9 Å². The molecule has 0 spiro atoms. The lowest BCUT2D eigenvalue weighted by Gasteiger charge is -2.12. The van der Waals surface area contributed by atoms with Crippen molar-refractivity contribution in [2.75, 3.05) is 6.54 Å². The van der Waals surface area contributed by atoms with Crippen LogP contribution in [0.15, 0.2) is 83.7 Å². The molecule has 0 bridgehead atoms. The number of hydrogen-bond acceptors (Lipinski definition) is 3. The van der Waals surface area contributed by atoms with E-state index in [1.807, 2.05) is 54.6 Å². The van der Waals surface area contributed by atoms with Crippen LogP contribution in [0.25, 0.3) is 11.0 Å². The quantitative estimate of drug-likeness (QED) is 0.466. The zero-order chi connectivity index (χ0) is 21.6. The van der Waals surface area contributed by atoms with Crippen molar-refractivity contribution in [2.24, 2.45) is 0 Å². The maximum atomic E-state index is 12.7. The number of aryl methyl sites for hydroxylation is 2. The Hall–Kier alpha value is -3.73. The summed E-state index contributed by atoms with van der Waals surface area (Å²) in [4.78, 5) is 29.8. The average Bonchev–Trinajstić information content (AvgIpc) is 2.80. The Morgan fingerprint density at radius 1 is 0.935 bits per heavy atom. The number of benzene rings is 3. The second-order valence-electron chi connectivity index (χ2n) is 7.62. The van der Waals surface area contributed by atoms with Crippen molar-refractivity contribution in [1.29, 1.82) is 0 Å². The third-order valence-electron chi connectivity index (χ3n) is 5.33. The first-order valence-electron chi connectivity index (χ1n) is 10.5. The van der Waals surface area contributed by atoms with Gasteiger partial charge in [0.05, 0.1) is 17.6 Å². The molecule has 0 aliphatic carbocycles. The van der Waals surface area contributed by atoms with Crippen molar-refractivity contribution in [3.8, 4) is 0 Å². The summed E-state index contributed by atoms with van der Waals surface area (Å²) in [6.07, 6.45) is 1.79. The number of aromatic nitrogens is 2. The van der Waals surface area contributed by atoms with E-state index >= 15 is 0 Å². The van der Waals surface area contributed by atoms with Gasteiger partial charge < -0.3 is 9.88 Å². The Bertz CT molecular complexity index is 1250. The highest BCUT2D eigenvalue weighted by atomic mass is 16.1. The third kappa shape index (κ3) is 4.89. The van der Waals surface area contributed by atoms with E-state index in [2.05, 4.69) is 22.4 Å². The molecule has 0 unspecified atom stereocenters. The van der Waals surface area contributed by atoms with Gasteiger partial charge in [0.1, 0.15) is 5.69 Å². The van der Waals surface area contributed by atoms with E-state index in [0.717, 1.165) is 23.9 Å². The maximum Gasteiger partial charge on any atom is 0.272 e. The normalized spacial score (nSPS) is 10.9. The monoisotopic (exact) mass is 411 g/mol. The standard InChI is InChI=1S/C26H25N3O2/c1-19-26(31)29(18-21-11-6-3-7-12-21)24-15-14-22(17-23(24)28-19)25(30)27-16-8-13-20-9-4-2-5-10-20/h2-7,9-12,14-15,17H,8,13,16,18H2,1H3,(H,27,30). The lowest BCUT2D eigenvalue weighted by molar-refractivity contribution is 0.0953.